The number of rotatable bonds is 46. The van der Waals surface area contributed by atoms with Crippen molar-refractivity contribution >= 4 is 11.9 Å². The van der Waals surface area contributed by atoms with Crippen LogP contribution in [0.5, 0.6) is 0 Å². The molecule has 0 bridgehead atoms. The lowest BCUT2D eigenvalue weighted by Gasteiger charge is -2.24. The molecule has 0 aliphatic rings. The SMILES string of the molecule is CCCCCCCC/C=C\CCCCCC(=O)OC(CCCCCCCCCCCCCCC)CC(=O)NC(CO)C(O)CCCCCCCCCCCCCC. The first-order valence-electron chi connectivity index (χ1n) is 25.4. The van der Waals surface area contributed by atoms with Gasteiger partial charge >= 0.3 is 5.97 Å². The molecule has 0 saturated heterocycles. The van der Waals surface area contributed by atoms with Crippen molar-refractivity contribution in [2.45, 2.75) is 296 Å². The molecule has 0 aliphatic heterocycles. The summed E-state index contributed by atoms with van der Waals surface area (Å²) in [6, 6.07) is -0.697. The first-order valence-corrected chi connectivity index (χ1v) is 25.4. The zero-order chi connectivity index (χ0) is 41.7. The number of esters is 1. The molecule has 57 heavy (non-hydrogen) atoms. The molecular weight excluding hydrogens is 707 g/mol. The highest BCUT2D eigenvalue weighted by atomic mass is 16.5. The largest absolute Gasteiger partial charge is 0.462 e. The first kappa shape index (κ1) is 55.6. The van der Waals surface area contributed by atoms with Crippen LogP contribution in [-0.4, -0.2) is 46.9 Å². The Morgan fingerprint density at radius 2 is 0.842 bits per heavy atom. The zero-order valence-electron chi connectivity index (χ0n) is 38.5. The van der Waals surface area contributed by atoms with Crippen LogP contribution < -0.4 is 5.32 Å². The van der Waals surface area contributed by atoms with Gasteiger partial charge in [0, 0.05) is 6.42 Å². The van der Waals surface area contributed by atoms with Crippen LogP contribution in [0.1, 0.15) is 278 Å². The number of hydrogen-bond acceptors (Lipinski definition) is 5. The third kappa shape index (κ3) is 41.1. The minimum Gasteiger partial charge on any atom is -0.462 e. The molecule has 0 heterocycles. The summed E-state index contributed by atoms with van der Waals surface area (Å²) in [5, 5.41) is 23.7. The average molecular weight is 806 g/mol. The average Bonchev–Trinajstić information content (AvgIpc) is 3.20. The second kappa shape index (κ2) is 45.7. The van der Waals surface area contributed by atoms with Gasteiger partial charge < -0.3 is 20.3 Å². The lowest BCUT2D eigenvalue weighted by Crippen LogP contribution is -2.46. The Hall–Kier alpha value is -1.40. The fraction of sp³-hybridized carbons (Fsp3) is 0.922. The molecule has 0 rings (SSSR count). The van der Waals surface area contributed by atoms with E-state index < -0.39 is 18.2 Å². The predicted molar refractivity (Wildman–Crippen MR) is 246 cm³/mol. The van der Waals surface area contributed by atoms with Gasteiger partial charge in [-0.3, -0.25) is 9.59 Å². The van der Waals surface area contributed by atoms with Gasteiger partial charge in [0.25, 0.3) is 0 Å². The Kier molecular flexibility index (Phi) is 44.6. The number of amides is 1. The van der Waals surface area contributed by atoms with Gasteiger partial charge in [0.15, 0.2) is 0 Å². The Morgan fingerprint density at radius 1 is 0.491 bits per heavy atom. The van der Waals surface area contributed by atoms with E-state index >= 15 is 0 Å². The molecule has 3 N–H and O–H groups in total. The molecule has 0 fully saturated rings. The van der Waals surface area contributed by atoms with Gasteiger partial charge in [0.1, 0.15) is 6.10 Å². The van der Waals surface area contributed by atoms with Crippen LogP contribution in [0.2, 0.25) is 0 Å². The molecule has 0 spiro atoms. The Bertz CT molecular complexity index is 863. The molecule has 1 amide bonds. The van der Waals surface area contributed by atoms with Gasteiger partial charge in [-0.05, 0) is 51.4 Å². The number of hydrogen-bond donors (Lipinski definition) is 3. The van der Waals surface area contributed by atoms with Crippen LogP contribution in [0.25, 0.3) is 0 Å². The zero-order valence-corrected chi connectivity index (χ0v) is 38.5. The number of aliphatic hydroxyl groups is 2. The molecule has 0 aromatic carbocycles. The number of nitrogens with one attached hydrogen (secondary N) is 1. The van der Waals surface area contributed by atoms with Crippen LogP contribution >= 0.6 is 0 Å². The van der Waals surface area contributed by atoms with Crippen molar-refractivity contribution in [3.63, 3.8) is 0 Å². The lowest BCUT2D eigenvalue weighted by molar-refractivity contribution is -0.151. The van der Waals surface area contributed by atoms with E-state index in [2.05, 4.69) is 38.2 Å². The van der Waals surface area contributed by atoms with Gasteiger partial charge in [-0.15, -0.1) is 0 Å². The summed E-state index contributed by atoms with van der Waals surface area (Å²) < 4.78 is 5.92. The van der Waals surface area contributed by atoms with Crippen molar-refractivity contribution < 1.29 is 24.5 Å². The van der Waals surface area contributed by atoms with E-state index in [1.165, 1.54) is 180 Å². The fourth-order valence-electron chi connectivity index (χ4n) is 7.96. The summed E-state index contributed by atoms with van der Waals surface area (Å²) in [4.78, 5) is 26.1. The second-order valence-corrected chi connectivity index (χ2v) is 17.6. The highest BCUT2D eigenvalue weighted by Gasteiger charge is 2.24. The smallest absolute Gasteiger partial charge is 0.306 e. The van der Waals surface area contributed by atoms with E-state index in [9.17, 15) is 19.8 Å². The number of carbonyl (C=O) groups is 2. The molecule has 338 valence electrons. The van der Waals surface area contributed by atoms with Crippen molar-refractivity contribution in [2.24, 2.45) is 0 Å². The van der Waals surface area contributed by atoms with Crippen molar-refractivity contribution in [2.75, 3.05) is 6.61 Å². The van der Waals surface area contributed by atoms with E-state index in [1.54, 1.807) is 0 Å². The van der Waals surface area contributed by atoms with Gasteiger partial charge in [0.2, 0.25) is 5.91 Å². The Labute approximate surface area is 355 Å². The van der Waals surface area contributed by atoms with E-state index in [0.717, 1.165) is 51.4 Å². The molecule has 3 atom stereocenters. The minimum absolute atomic E-state index is 0.0786. The molecule has 0 radical (unpaired) electrons. The maximum Gasteiger partial charge on any atom is 0.306 e. The summed E-state index contributed by atoms with van der Waals surface area (Å²) in [5.41, 5.74) is 0. The van der Waals surface area contributed by atoms with Crippen molar-refractivity contribution in [1.29, 1.82) is 0 Å². The normalized spacial score (nSPS) is 13.3. The quantitative estimate of drug-likeness (QED) is 0.0323. The lowest BCUT2D eigenvalue weighted by atomic mass is 10.0. The summed E-state index contributed by atoms with van der Waals surface area (Å²) >= 11 is 0. The fourth-order valence-corrected chi connectivity index (χ4v) is 7.96. The van der Waals surface area contributed by atoms with E-state index in [-0.39, 0.29) is 24.9 Å². The monoisotopic (exact) mass is 806 g/mol. The molecule has 0 aromatic heterocycles. The van der Waals surface area contributed by atoms with E-state index in [0.29, 0.717) is 19.3 Å². The predicted octanol–water partition coefficient (Wildman–Crippen LogP) is 15.0. The maximum atomic E-state index is 13.2. The van der Waals surface area contributed by atoms with E-state index in [1.807, 2.05) is 0 Å². The topological polar surface area (TPSA) is 95.9 Å². The summed E-state index contributed by atoms with van der Waals surface area (Å²) in [7, 11) is 0. The van der Waals surface area contributed by atoms with Crippen LogP contribution in [0.15, 0.2) is 12.2 Å². The molecule has 0 aromatic rings. The highest BCUT2D eigenvalue weighted by molar-refractivity contribution is 5.77. The standard InChI is InChI=1S/C51H99NO5/c1-4-7-10-13-16-19-22-25-27-30-33-36-39-42-47(57-51(56)44-41-38-35-32-29-26-23-20-17-14-11-8-5-2)45-50(55)52-48(46-53)49(54)43-40-37-34-31-28-24-21-18-15-12-9-6-3/h26,29,47-49,53-54H,4-25,27-28,30-46H2,1-3H3,(H,52,55)/b29-26-. The van der Waals surface area contributed by atoms with Gasteiger partial charge in [-0.2, -0.15) is 0 Å². The minimum atomic E-state index is -0.783. The maximum absolute atomic E-state index is 13.2. The third-order valence-electron chi connectivity index (χ3n) is 11.8. The van der Waals surface area contributed by atoms with Crippen LogP contribution in [-0.2, 0) is 14.3 Å². The van der Waals surface area contributed by atoms with Crippen LogP contribution in [0.4, 0.5) is 0 Å². The molecule has 6 nitrogen and oxygen atoms in total. The molecule has 6 heteroatoms. The molecular formula is C51H99NO5. The third-order valence-corrected chi connectivity index (χ3v) is 11.8. The van der Waals surface area contributed by atoms with Crippen molar-refractivity contribution in [1.82, 2.24) is 5.32 Å². The Morgan fingerprint density at radius 3 is 1.25 bits per heavy atom. The van der Waals surface area contributed by atoms with Crippen molar-refractivity contribution in [3.05, 3.63) is 12.2 Å². The number of aliphatic hydroxyl groups excluding tert-OH is 2. The number of ether oxygens (including phenoxy) is 1. The van der Waals surface area contributed by atoms with Gasteiger partial charge in [-0.1, -0.05) is 226 Å². The van der Waals surface area contributed by atoms with Crippen LogP contribution in [0, 0.1) is 0 Å². The van der Waals surface area contributed by atoms with Crippen molar-refractivity contribution in [3.8, 4) is 0 Å². The summed E-state index contributed by atoms with van der Waals surface area (Å²) in [5.74, 6) is -0.477. The second-order valence-electron chi connectivity index (χ2n) is 17.6. The van der Waals surface area contributed by atoms with E-state index in [4.69, 9.17) is 4.74 Å². The number of allylic oxidation sites excluding steroid dienone is 2. The Balaban J connectivity index is 4.56. The number of unbranched alkanes of at least 4 members (excludes halogenated alkanes) is 32. The van der Waals surface area contributed by atoms with Gasteiger partial charge in [-0.25, -0.2) is 0 Å². The summed E-state index contributed by atoms with van der Waals surface area (Å²) in [6.07, 6.45) is 49.8. The van der Waals surface area contributed by atoms with Gasteiger partial charge in [0.05, 0.1) is 25.2 Å². The highest BCUT2D eigenvalue weighted by Crippen LogP contribution is 2.18. The molecule has 0 aliphatic carbocycles. The number of carbonyl (C=O) groups excluding carboxylic acids is 2. The molecule has 0 saturated carbocycles. The first-order chi connectivity index (χ1) is 28.0. The van der Waals surface area contributed by atoms with Crippen LogP contribution in [0.3, 0.4) is 0 Å². The molecule has 3 unspecified atom stereocenters. The summed E-state index contributed by atoms with van der Waals surface area (Å²) in [6.45, 7) is 6.49.